The Labute approximate surface area is 196 Å². The Morgan fingerprint density at radius 2 is 1.91 bits per heavy atom. The number of anilines is 1. The lowest BCUT2D eigenvalue weighted by molar-refractivity contribution is -0.126. The van der Waals surface area contributed by atoms with Crippen molar-refractivity contribution in [2.24, 2.45) is 0 Å². The number of fused-ring (bicyclic) bond motifs is 3. The van der Waals surface area contributed by atoms with Crippen molar-refractivity contribution in [3.05, 3.63) is 82.9 Å². The van der Waals surface area contributed by atoms with Crippen molar-refractivity contribution < 1.29 is 14.3 Å². The highest BCUT2D eigenvalue weighted by Crippen LogP contribution is 2.38. The molecular weight excluding hydrogens is 434 g/mol. The number of nitrogens with zero attached hydrogens (tertiary/aromatic N) is 2. The van der Waals surface area contributed by atoms with Crippen LogP contribution in [0.4, 0.5) is 5.69 Å². The van der Waals surface area contributed by atoms with Crippen LogP contribution in [-0.2, 0) is 17.9 Å². The lowest BCUT2D eigenvalue weighted by atomic mass is 9.93. The van der Waals surface area contributed by atoms with Gasteiger partial charge in [-0.1, -0.05) is 36.4 Å². The monoisotopic (exact) mass is 459 g/mol. The molecule has 0 spiro atoms. The molecule has 1 aliphatic rings. The van der Waals surface area contributed by atoms with Gasteiger partial charge < -0.3 is 14.6 Å². The zero-order valence-electron chi connectivity index (χ0n) is 18.8. The molecule has 0 saturated carbocycles. The van der Waals surface area contributed by atoms with Crippen molar-refractivity contribution in [3.8, 4) is 5.75 Å². The van der Waals surface area contributed by atoms with Gasteiger partial charge in [-0.25, -0.2) is 0 Å². The molecule has 3 heterocycles. The van der Waals surface area contributed by atoms with Crippen molar-refractivity contribution >= 4 is 39.1 Å². The summed E-state index contributed by atoms with van der Waals surface area (Å²) in [5.41, 5.74) is 2.05. The molecule has 1 N–H and O–H groups in total. The van der Waals surface area contributed by atoms with Gasteiger partial charge in [-0.3, -0.25) is 14.5 Å². The van der Waals surface area contributed by atoms with Crippen LogP contribution in [0.2, 0.25) is 0 Å². The van der Waals surface area contributed by atoms with Gasteiger partial charge in [-0.15, -0.1) is 11.3 Å². The molecular formula is C26H25N3O3S. The molecule has 33 heavy (non-hydrogen) atoms. The summed E-state index contributed by atoms with van der Waals surface area (Å²) >= 11 is 1.58. The van der Waals surface area contributed by atoms with Crippen molar-refractivity contribution in [2.75, 3.05) is 12.0 Å². The minimum atomic E-state index is -1.12. The topological polar surface area (TPSA) is 63.6 Å². The van der Waals surface area contributed by atoms with Crippen LogP contribution < -0.4 is 15.0 Å². The predicted molar refractivity (Wildman–Crippen MR) is 131 cm³/mol. The van der Waals surface area contributed by atoms with Gasteiger partial charge in [-0.2, -0.15) is 0 Å². The van der Waals surface area contributed by atoms with E-state index in [1.165, 1.54) is 0 Å². The molecule has 0 fully saturated rings. The summed E-state index contributed by atoms with van der Waals surface area (Å²) in [6.07, 6.45) is 0. The zero-order valence-corrected chi connectivity index (χ0v) is 19.6. The van der Waals surface area contributed by atoms with E-state index < -0.39 is 5.54 Å². The Morgan fingerprint density at radius 1 is 1.15 bits per heavy atom. The summed E-state index contributed by atoms with van der Waals surface area (Å²) in [4.78, 5) is 30.3. The first-order valence-corrected chi connectivity index (χ1v) is 11.7. The normalized spacial score (nSPS) is 17.8. The van der Waals surface area contributed by atoms with E-state index in [1.54, 1.807) is 23.3 Å². The second kappa shape index (κ2) is 8.08. The van der Waals surface area contributed by atoms with E-state index in [2.05, 4.69) is 5.32 Å². The fourth-order valence-electron chi connectivity index (χ4n) is 4.60. The second-order valence-electron chi connectivity index (χ2n) is 8.49. The molecule has 2 amide bonds. The fourth-order valence-corrected chi connectivity index (χ4v) is 5.50. The number of carbonyl (C=O) groups excluding carboxylic acids is 2. The maximum atomic E-state index is 13.8. The molecule has 7 heteroatoms. The number of rotatable bonds is 5. The third kappa shape index (κ3) is 3.40. The van der Waals surface area contributed by atoms with E-state index in [4.69, 9.17) is 4.74 Å². The van der Waals surface area contributed by atoms with Crippen LogP contribution in [0.1, 0.15) is 28.5 Å². The maximum Gasteiger partial charge on any atom is 0.275 e. The highest BCUT2D eigenvalue weighted by atomic mass is 32.1. The molecule has 1 aliphatic heterocycles. The van der Waals surface area contributed by atoms with Gasteiger partial charge in [-0.05, 0) is 49.1 Å². The number of nitrogens with one attached hydrogen (secondary N) is 1. The number of carbonyl (C=O) groups is 2. The first-order valence-electron chi connectivity index (χ1n) is 10.8. The molecule has 2 aromatic carbocycles. The molecule has 1 atom stereocenters. The predicted octanol–water partition coefficient (Wildman–Crippen LogP) is 4.76. The lowest BCUT2D eigenvalue weighted by Gasteiger charge is -2.44. The number of hydrogen-bond donors (Lipinski definition) is 1. The first-order chi connectivity index (χ1) is 15.9. The summed E-state index contributed by atoms with van der Waals surface area (Å²) in [6, 6.07) is 19.2. The number of aromatic nitrogens is 1. The standard InChI is InChI=1S/C26H25N3O3S/c1-17-8-4-6-10-20(17)29-23(30)21-14-18-12-13-33-24(18)28(21)16-26(29,2)25(31)27-15-19-9-5-7-11-22(19)32-3/h4-14H,15-16H2,1-3H3,(H,27,31)/t26-/m0/s1. The lowest BCUT2D eigenvalue weighted by Crippen LogP contribution is -2.64. The van der Waals surface area contributed by atoms with E-state index in [0.717, 1.165) is 27.0 Å². The summed E-state index contributed by atoms with van der Waals surface area (Å²) in [5.74, 6) is 0.328. The van der Waals surface area contributed by atoms with Crippen molar-refractivity contribution in [1.82, 2.24) is 9.88 Å². The van der Waals surface area contributed by atoms with Crippen LogP contribution >= 0.6 is 11.3 Å². The fraction of sp³-hybridized carbons (Fsp3) is 0.231. The molecule has 0 aliphatic carbocycles. The highest BCUT2D eigenvalue weighted by Gasteiger charge is 2.49. The summed E-state index contributed by atoms with van der Waals surface area (Å²) < 4.78 is 7.41. The van der Waals surface area contributed by atoms with Gasteiger partial charge >= 0.3 is 0 Å². The first kappa shape index (κ1) is 21.3. The third-order valence-corrected chi connectivity index (χ3v) is 7.31. The van der Waals surface area contributed by atoms with Gasteiger partial charge in [0, 0.05) is 23.2 Å². The molecule has 0 radical (unpaired) electrons. The molecule has 168 valence electrons. The quantitative estimate of drug-likeness (QED) is 0.468. The molecule has 4 aromatic rings. The number of para-hydroxylation sites is 2. The Kier molecular flexibility index (Phi) is 5.21. The van der Waals surface area contributed by atoms with Gasteiger partial charge in [0.25, 0.3) is 5.91 Å². The van der Waals surface area contributed by atoms with Gasteiger partial charge in [0.15, 0.2) is 0 Å². The van der Waals surface area contributed by atoms with Gasteiger partial charge in [0.05, 0.1) is 13.7 Å². The minimum Gasteiger partial charge on any atom is -0.496 e. The number of thiophene rings is 1. The summed E-state index contributed by atoms with van der Waals surface area (Å²) in [5, 5.41) is 6.10. The Balaban J connectivity index is 1.57. The molecule has 5 rings (SSSR count). The van der Waals surface area contributed by atoms with E-state index >= 15 is 0 Å². The molecule has 2 aromatic heterocycles. The average Bonchev–Trinajstić information content (AvgIpc) is 3.41. The number of ether oxygens (including phenoxy) is 1. The van der Waals surface area contributed by atoms with E-state index in [-0.39, 0.29) is 11.8 Å². The minimum absolute atomic E-state index is 0.172. The Hall–Kier alpha value is -3.58. The van der Waals surface area contributed by atoms with Gasteiger partial charge in [0.2, 0.25) is 5.91 Å². The number of hydrogen-bond acceptors (Lipinski definition) is 4. The van der Waals surface area contributed by atoms with Crippen molar-refractivity contribution in [3.63, 3.8) is 0 Å². The SMILES string of the molecule is COc1ccccc1CNC(=O)[C@]1(C)Cn2c(cc3ccsc32)C(=O)N1c1ccccc1C. The van der Waals surface area contributed by atoms with E-state index in [0.29, 0.717) is 24.5 Å². The van der Waals surface area contributed by atoms with E-state index in [9.17, 15) is 9.59 Å². The number of amides is 2. The van der Waals surface area contributed by atoms with Crippen LogP contribution in [0.15, 0.2) is 66.0 Å². The number of benzene rings is 2. The van der Waals surface area contributed by atoms with Gasteiger partial charge in [0.1, 0.15) is 21.8 Å². The largest absolute Gasteiger partial charge is 0.496 e. The Morgan fingerprint density at radius 3 is 2.70 bits per heavy atom. The number of aryl methyl sites for hydroxylation is 1. The van der Waals surface area contributed by atoms with Crippen LogP contribution in [0.5, 0.6) is 5.75 Å². The third-order valence-electron chi connectivity index (χ3n) is 6.36. The summed E-state index contributed by atoms with van der Waals surface area (Å²) in [7, 11) is 1.61. The Bertz CT molecular complexity index is 1370. The second-order valence-corrected chi connectivity index (χ2v) is 9.39. The molecule has 0 saturated heterocycles. The van der Waals surface area contributed by atoms with Crippen LogP contribution in [-0.4, -0.2) is 29.0 Å². The summed E-state index contributed by atoms with van der Waals surface area (Å²) in [6.45, 7) is 4.48. The molecule has 0 bridgehead atoms. The van der Waals surface area contributed by atoms with Crippen LogP contribution in [0.25, 0.3) is 10.2 Å². The maximum absolute atomic E-state index is 13.8. The smallest absolute Gasteiger partial charge is 0.275 e. The van der Waals surface area contributed by atoms with E-state index in [1.807, 2.05) is 84.5 Å². The molecule has 6 nitrogen and oxygen atoms in total. The van der Waals surface area contributed by atoms with Crippen LogP contribution in [0, 0.1) is 6.92 Å². The number of methoxy groups -OCH3 is 1. The zero-order chi connectivity index (χ0) is 23.2. The highest BCUT2D eigenvalue weighted by molar-refractivity contribution is 7.16. The van der Waals surface area contributed by atoms with Crippen molar-refractivity contribution in [1.29, 1.82) is 0 Å². The van der Waals surface area contributed by atoms with Crippen LogP contribution in [0.3, 0.4) is 0 Å². The van der Waals surface area contributed by atoms with Crippen molar-refractivity contribution in [2.45, 2.75) is 32.5 Å². The molecule has 0 unspecified atom stereocenters. The average molecular weight is 460 g/mol.